The van der Waals surface area contributed by atoms with Crippen molar-refractivity contribution in [3.05, 3.63) is 27.7 Å². The monoisotopic (exact) mass is 273 g/mol. The standard InChI is InChI=1S/C11H16BrNO2/c1-3-15-11-4-7(2)9(12)5-8(11)10(13)6-14/h4-5,10,14H,3,6,13H2,1-2H3. The Bertz CT molecular complexity index is 342. The van der Waals surface area contributed by atoms with Crippen LogP contribution in [0.5, 0.6) is 5.75 Å². The minimum absolute atomic E-state index is 0.0877. The molecule has 0 aliphatic carbocycles. The fraction of sp³-hybridized carbons (Fsp3) is 0.455. The average Bonchev–Trinajstić information content (AvgIpc) is 2.22. The van der Waals surface area contributed by atoms with E-state index < -0.39 is 6.04 Å². The summed E-state index contributed by atoms with van der Waals surface area (Å²) in [5.74, 6) is 0.750. The summed E-state index contributed by atoms with van der Waals surface area (Å²) in [5.41, 5.74) is 7.71. The SMILES string of the molecule is CCOc1cc(C)c(Br)cc1C(N)CO. The number of hydrogen-bond donors (Lipinski definition) is 2. The van der Waals surface area contributed by atoms with Crippen molar-refractivity contribution in [2.24, 2.45) is 5.73 Å². The molecule has 0 radical (unpaired) electrons. The number of aryl methyl sites for hydroxylation is 1. The van der Waals surface area contributed by atoms with Crippen molar-refractivity contribution in [2.75, 3.05) is 13.2 Å². The zero-order valence-corrected chi connectivity index (χ0v) is 10.5. The van der Waals surface area contributed by atoms with Crippen LogP contribution in [0.3, 0.4) is 0 Å². The Morgan fingerprint density at radius 3 is 2.73 bits per heavy atom. The Morgan fingerprint density at radius 2 is 2.20 bits per heavy atom. The van der Waals surface area contributed by atoms with Gasteiger partial charge in [0.2, 0.25) is 0 Å². The highest BCUT2D eigenvalue weighted by molar-refractivity contribution is 9.10. The van der Waals surface area contributed by atoms with Crippen molar-refractivity contribution in [1.82, 2.24) is 0 Å². The van der Waals surface area contributed by atoms with Gasteiger partial charge in [0.15, 0.2) is 0 Å². The second-order valence-electron chi connectivity index (χ2n) is 3.36. The van der Waals surface area contributed by atoms with Gasteiger partial charge >= 0.3 is 0 Å². The zero-order valence-electron chi connectivity index (χ0n) is 8.96. The number of rotatable bonds is 4. The van der Waals surface area contributed by atoms with Gasteiger partial charge in [-0.05, 0) is 31.5 Å². The number of benzene rings is 1. The molecule has 0 aromatic heterocycles. The van der Waals surface area contributed by atoms with Gasteiger partial charge in [-0.25, -0.2) is 0 Å². The predicted molar refractivity (Wildman–Crippen MR) is 64.1 cm³/mol. The molecule has 0 amide bonds. The Morgan fingerprint density at radius 1 is 1.53 bits per heavy atom. The van der Waals surface area contributed by atoms with E-state index in [0.717, 1.165) is 21.3 Å². The summed E-state index contributed by atoms with van der Waals surface area (Å²) < 4.78 is 6.46. The number of ether oxygens (including phenoxy) is 1. The van der Waals surface area contributed by atoms with E-state index in [1.54, 1.807) is 0 Å². The van der Waals surface area contributed by atoms with Gasteiger partial charge < -0.3 is 15.6 Å². The Kier molecular flexibility index (Phi) is 4.57. The number of aliphatic hydroxyl groups excluding tert-OH is 1. The van der Waals surface area contributed by atoms with Crippen molar-refractivity contribution in [1.29, 1.82) is 0 Å². The summed E-state index contributed by atoms with van der Waals surface area (Å²) in [6.45, 7) is 4.41. The topological polar surface area (TPSA) is 55.5 Å². The molecule has 0 heterocycles. The van der Waals surface area contributed by atoms with Gasteiger partial charge in [0.1, 0.15) is 5.75 Å². The fourth-order valence-corrected chi connectivity index (χ4v) is 1.70. The van der Waals surface area contributed by atoms with E-state index in [1.807, 2.05) is 26.0 Å². The van der Waals surface area contributed by atoms with Gasteiger partial charge in [-0.3, -0.25) is 0 Å². The zero-order chi connectivity index (χ0) is 11.4. The quantitative estimate of drug-likeness (QED) is 0.884. The first-order valence-electron chi connectivity index (χ1n) is 4.89. The molecule has 1 unspecified atom stereocenters. The van der Waals surface area contributed by atoms with Crippen LogP contribution in [-0.2, 0) is 0 Å². The van der Waals surface area contributed by atoms with Crippen molar-refractivity contribution >= 4 is 15.9 Å². The molecule has 1 atom stereocenters. The first-order chi connectivity index (χ1) is 7.10. The third kappa shape index (κ3) is 2.93. The maximum atomic E-state index is 9.05. The van der Waals surface area contributed by atoms with Crippen LogP contribution in [0, 0.1) is 6.92 Å². The molecule has 0 bridgehead atoms. The summed E-state index contributed by atoms with van der Waals surface area (Å²) in [6, 6.07) is 3.43. The minimum atomic E-state index is -0.400. The molecule has 0 fully saturated rings. The molecule has 84 valence electrons. The number of hydrogen-bond acceptors (Lipinski definition) is 3. The molecule has 3 nitrogen and oxygen atoms in total. The first-order valence-corrected chi connectivity index (χ1v) is 5.68. The lowest BCUT2D eigenvalue weighted by molar-refractivity contribution is 0.261. The highest BCUT2D eigenvalue weighted by Gasteiger charge is 2.13. The van der Waals surface area contributed by atoms with Crippen molar-refractivity contribution < 1.29 is 9.84 Å². The summed E-state index contributed by atoms with van der Waals surface area (Å²) >= 11 is 3.44. The number of nitrogens with two attached hydrogens (primary N) is 1. The molecule has 0 aliphatic heterocycles. The molecule has 1 aromatic rings. The van der Waals surface area contributed by atoms with Crippen LogP contribution in [0.1, 0.15) is 24.1 Å². The Hall–Kier alpha value is -0.580. The van der Waals surface area contributed by atoms with Crippen LogP contribution < -0.4 is 10.5 Å². The van der Waals surface area contributed by atoms with Crippen molar-refractivity contribution in [2.45, 2.75) is 19.9 Å². The van der Waals surface area contributed by atoms with Crippen LogP contribution in [0.4, 0.5) is 0 Å². The molecule has 3 N–H and O–H groups in total. The van der Waals surface area contributed by atoms with Crippen LogP contribution in [0.2, 0.25) is 0 Å². The third-order valence-corrected chi connectivity index (χ3v) is 3.04. The number of aliphatic hydroxyl groups is 1. The lowest BCUT2D eigenvalue weighted by atomic mass is 10.1. The maximum Gasteiger partial charge on any atom is 0.124 e. The summed E-state index contributed by atoms with van der Waals surface area (Å²) in [4.78, 5) is 0. The van der Waals surface area contributed by atoms with Gasteiger partial charge in [-0.15, -0.1) is 0 Å². The van der Waals surface area contributed by atoms with Gasteiger partial charge in [0.25, 0.3) is 0 Å². The molecule has 0 saturated heterocycles. The summed E-state index contributed by atoms with van der Waals surface area (Å²) in [5, 5.41) is 9.05. The summed E-state index contributed by atoms with van der Waals surface area (Å²) in [6.07, 6.45) is 0. The average molecular weight is 274 g/mol. The largest absolute Gasteiger partial charge is 0.494 e. The van der Waals surface area contributed by atoms with Gasteiger partial charge in [0.05, 0.1) is 19.3 Å². The van der Waals surface area contributed by atoms with Crippen LogP contribution in [0.25, 0.3) is 0 Å². The maximum absolute atomic E-state index is 9.05. The minimum Gasteiger partial charge on any atom is -0.494 e. The molecule has 0 saturated carbocycles. The van der Waals surface area contributed by atoms with Crippen molar-refractivity contribution in [3.63, 3.8) is 0 Å². The van der Waals surface area contributed by atoms with E-state index in [0.29, 0.717) is 6.61 Å². The van der Waals surface area contributed by atoms with E-state index in [1.165, 1.54) is 0 Å². The molecular weight excluding hydrogens is 258 g/mol. The molecule has 1 rings (SSSR count). The normalized spacial score (nSPS) is 12.6. The van der Waals surface area contributed by atoms with E-state index in [9.17, 15) is 0 Å². The molecule has 15 heavy (non-hydrogen) atoms. The second kappa shape index (κ2) is 5.49. The first kappa shape index (κ1) is 12.5. The van der Waals surface area contributed by atoms with Crippen molar-refractivity contribution in [3.8, 4) is 5.75 Å². The highest BCUT2D eigenvalue weighted by atomic mass is 79.9. The predicted octanol–water partition coefficient (Wildman–Crippen LogP) is 2.15. The van der Waals surface area contributed by atoms with E-state index in [2.05, 4.69) is 15.9 Å². The van der Waals surface area contributed by atoms with Gasteiger partial charge in [-0.2, -0.15) is 0 Å². The Labute approximate surface area is 98.4 Å². The molecule has 4 heteroatoms. The molecule has 0 aliphatic rings. The van der Waals surface area contributed by atoms with Crippen LogP contribution >= 0.6 is 15.9 Å². The smallest absolute Gasteiger partial charge is 0.124 e. The van der Waals surface area contributed by atoms with Crippen LogP contribution in [0.15, 0.2) is 16.6 Å². The lowest BCUT2D eigenvalue weighted by Crippen LogP contribution is -2.16. The van der Waals surface area contributed by atoms with E-state index in [-0.39, 0.29) is 6.61 Å². The molecule has 1 aromatic carbocycles. The molecule has 0 spiro atoms. The third-order valence-electron chi connectivity index (χ3n) is 2.19. The van der Waals surface area contributed by atoms with Gasteiger partial charge in [0, 0.05) is 10.0 Å². The van der Waals surface area contributed by atoms with E-state index in [4.69, 9.17) is 15.6 Å². The lowest BCUT2D eigenvalue weighted by Gasteiger charge is -2.16. The molecular formula is C11H16BrNO2. The van der Waals surface area contributed by atoms with Gasteiger partial charge in [-0.1, -0.05) is 15.9 Å². The highest BCUT2D eigenvalue weighted by Crippen LogP contribution is 2.30. The Balaban J connectivity index is 3.15. The number of halogens is 1. The summed E-state index contributed by atoms with van der Waals surface area (Å²) in [7, 11) is 0. The van der Waals surface area contributed by atoms with E-state index >= 15 is 0 Å². The second-order valence-corrected chi connectivity index (χ2v) is 4.22. The fourth-order valence-electron chi connectivity index (χ4n) is 1.34. The van der Waals surface area contributed by atoms with Crippen LogP contribution in [-0.4, -0.2) is 18.3 Å².